The van der Waals surface area contributed by atoms with Crippen molar-refractivity contribution in [2.24, 2.45) is 0 Å². The quantitative estimate of drug-likeness (QED) is 0.739. The van der Waals surface area contributed by atoms with Gasteiger partial charge in [-0.1, -0.05) is 38.1 Å². The van der Waals surface area contributed by atoms with E-state index in [1.807, 2.05) is 0 Å². The molecule has 1 saturated heterocycles. The molecule has 2 heterocycles. The molecule has 0 aromatic heterocycles. The number of aliphatic hydroxyl groups excluding tert-OH is 2. The molecule has 0 bridgehead atoms. The van der Waals surface area contributed by atoms with Crippen molar-refractivity contribution in [2.75, 3.05) is 19.7 Å². The fraction of sp³-hybridized carbons (Fsp3) is 0.667. The van der Waals surface area contributed by atoms with Crippen LogP contribution in [-0.4, -0.2) is 65.2 Å². The zero-order valence-electron chi connectivity index (χ0n) is 14.0. The van der Waals surface area contributed by atoms with Gasteiger partial charge >= 0.3 is 0 Å². The number of rotatable bonds is 5. The fourth-order valence-corrected chi connectivity index (χ4v) is 3.72. The molecule has 1 aromatic rings. The average Bonchev–Trinajstić information content (AvgIpc) is 2.88. The third-order valence-electron chi connectivity index (χ3n) is 4.95. The van der Waals surface area contributed by atoms with Gasteiger partial charge in [-0.05, 0) is 17.5 Å². The first-order valence-electron chi connectivity index (χ1n) is 8.58. The van der Waals surface area contributed by atoms with Crippen molar-refractivity contribution in [1.29, 1.82) is 0 Å². The molecule has 0 spiro atoms. The number of hydrogen-bond donors (Lipinski definition) is 3. The van der Waals surface area contributed by atoms with Crippen LogP contribution in [0, 0.1) is 0 Å². The van der Waals surface area contributed by atoms with Gasteiger partial charge in [0, 0.05) is 25.7 Å². The molecule has 128 valence electrons. The zero-order valence-corrected chi connectivity index (χ0v) is 14.0. The van der Waals surface area contributed by atoms with Crippen LogP contribution in [0.2, 0.25) is 0 Å². The van der Waals surface area contributed by atoms with Crippen molar-refractivity contribution in [1.82, 2.24) is 10.2 Å². The van der Waals surface area contributed by atoms with Gasteiger partial charge in [-0.25, -0.2) is 0 Å². The topological polar surface area (TPSA) is 65.0 Å². The number of benzene rings is 1. The van der Waals surface area contributed by atoms with Gasteiger partial charge < -0.3 is 20.3 Å². The Morgan fingerprint density at radius 1 is 1.26 bits per heavy atom. The Labute approximate surface area is 138 Å². The smallest absolute Gasteiger partial charge is 0.109 e. The molecule has 3 N–H and O–H groups in total. The molecule has 0 amide bonds. The van der Waals surface area contributed by atoms with E-state index in [1.165, 1.54) is 11.1 Å². The lowest BCUT2D eigenvalue weighted by Gasteiger charge is -2.37. The van der Waals surface area contributed by atoms with E-state index in [0.29, 0.717) is 12.6 Å². The molecule has 3 rings (SSSR count). The van der Waals surface area contributed by atoms with Gasteiger partial charge in [-0.2, -0.15) is 0 Å². The van der Waals surface area contributed by atoms with E-state index < -0.39 is 12.2 Å². The van der Waals surface area contributed by atoms with Crippen molar-refractivity contribution in [3.63, 3.8) is 0 Å². The maximum atomic E-state index is 10.6. The zero-order chi connectivity index (χ0) is 16.4. The van der Waals surface area contributed by atoms with E-state index in [0.717, 1.165) is 19.5 Å². The van der Waals surface area contributed by atoms with Crippen LogP contribution in [0.5, 0.6) is 0 Å². The highest BCUT2D eigenvalue weighted by Gasteiger charge is 2.46. The SMILES string of the molecule is CC(C)NC[C@@H]1O[C@@H](CO)[C@@H](O)[C@H]1N1CCc2ccccc2C1. The molecular weight excluding hydrogens is 292 g/mol. The molecule has 23 heavy (non-hydrogen) atoms. The predicted octanol–water partition coefficient (Wildman–Crippen LogP) is 0.532. The predicted molar refractivity (Wildman–Crippen MR) is 89.2 cm³/mol. The van der Waals surface area contributed by atoms with Gasteiger partial charge in [0.15, 0.2) is 0 Å². The first-order chi connectivity index (χ1) is 11.1. The molecule has 0 aliphatic carbocycles. The Morgan fingerprint density at radius 2 is 2.00 bits per heavy atom. The molecule has 0 saturated carbocycles. The van der Waals surface area contributed by atoms with E-state index in [4.69, 9.17) is 4.74 Å². The molecule has 0 radical (unpaired) electrons. The number of hydrogen-bond acceptors (Lipinski definition) is 5. The van der Waals surface area contributed by atoms with E-state index in [2.05, 4.69) is 48.3 Å². The van der Waals surface area contributed by atoms with Crippen LogP contribution >= 0.6 is 0 Å². The Balaban J connectivity index is 1.75. The van der Waals surface area contributed by atoms with Crippen LogP contribution in [-0.2, 0) is 17.7 Å². The van der Waals surface area contributed by atoms with Crippen molar-refractivity contribution in [3.05, 3.63) is 35.4 Å². The van der Waals surface area contributed by atoms with E-state index in [9.17, 15) is 10.2 Å². The lowest BCUT2D eigenvalue weighted by atomic mass is 9.95. The third-order valence-corrected chi connectivity index (χ3v) is 4.95. The number of fused-ring (bicyclic) bond motifs is 1. The minimum absolute atomic E-state index is 0.0771. The molecule has 5 heteroatoms. The summed E-state index contributed by atoms with van der Waals surface area (Å²) in [6, 6.07) is 8.78. The largest absolute Gasteiger partial charge is 0.394 e. The Bertz CT molecular complexity index is 523. The van der Waals surface area contributed by atoms with Crippen LogP contribution in [0.4, 0.5) is 0 Å². The summed E-state index contributed by atoms with van der Waals surface area (Å²) in [4.78, 5) is 2.31. The van der Waals surface area contributed by atoms with Crippen LogP contribution in [0.3, 0.4) is 0 Å². The summed E-state index contributed by atoms with van der Waals surface area (Å²) in [6.07, 6.45) is -0.247. The van der Waals surface area contributed by atoms with Crippen molar-refractivity contribution < 1.29 is 14.9 Å². The minimum atomic E-state index is -0.649. The summed E-state index contributed by atoms with van der Waals surface area (Å²) < 4.78 is 5.92. The van der Waals surface area contributed by atoms with Gasteiger partial charge in [-0.3, -0.25) is 4.90 Å². The van der Waals surface area contributed by atoms with E-state index in [-0.39, 0.29) is 18.8 Å². The second-order valence-corrected chi connectivity index (χ2v) is 6.93. The molecular formula is C18H28N2O3. The fourth-order valence-electron chi connectivity index (χ4n) is 3.72. The van der Waals surface area contributed by atoms with E-state index in [1.54, 1.807) is 0 Å². The molecule has 0 unspecified atom stereocenters. The summed E-state index contributed by atoms with van der Waals surface area (Å²) in [5.74, 6) is 0. The molecule has 1 fully saturated rings. The third kappa shape index (κ3) is 3.59. The van der Waals surface area contributed by atoms with E-state index >= 15 is 0 Å². The van der Waals surface area contributed by atoms with Gasteiger partial charge in [0.2, 0.25) is 0 Å². The highest BCUT2D eigenvalue weighted by molar-refractivity contribution is 5.29. The lowest BCUT2D eigenvalue weighted by molar-refractivity contribution is -0.0216. The summed E-state index contributed by atoms with van der Waals surface area (Å²) in [6.45, 7) is 6.49. The second kappa shape index (κ2) is 7.28. The molecule has 1 aromatic carbocycles. The number of nitrogens with one attached hydrogen (secondary N) is 1. The number of aliphatic hydroxyl groups is 2. The highest BCUT2D eigenvalue weighted by atomic mass is 16.5. The summed E-state index contributed by atoms with van der Waals surface area (Å²) >= 11 is 0. The number of nitrogens with zero attached hydrogens (tertiary/aromatic N) is 1. The average molecular weight is 320 g/mol. The molecule has 2 aliphatic heterocycles. The lowest BCUT2D eigenvalue weighted by Crippen LogP contribution is -2.52. The van der Waals surface area contributed by atoms with Crippen LogP contribution in [0.25, 0.3) is 0 Å². The number of ether oxygens (including phenoxy) is 1. The Kier molecular flexibility index (Phi) is 5.34. The normalized spacial score (nSPS) is 31.5. The van der Waals surface area contributed by atoms with Gasteiger partial charge in [0.05, 0.1) is 18.8 Å². The standard InChI is InChI=1S/C18H28N2O3/c1-12(2)19-9-15-17(18(22)16(11-21)23-15)20-8-7-13-5-3-4-6-14(13)10-20/h3-6,12,15-19,21-22H,7-11H2,1-2H3/t15-,16-,17-,18+/m0/s1. The van der Waals surface area contributed by atoms with Crippen LogP contribution in [0.15, 0.2) is 24.3 Å². The molecule has 2 aliphatic rings. The summed E-state index contributed by atoms with van der Waals surface area (Å²) in [5, 5.41) is 23.5. The molecule has 5 nitrogen and oxygen atoms in total. The monoisotopic (exact) mass is 320 g/mol. The molecule has 4 atom stereocenters. The van der Waals surface area contributed by atoms with Gasteiger partial charge in [0.25, 0.3) is 0 Å². The summed E-state index contributed by atoms with van der Waals surface area (Å²) in [7, 11) is 0. The first kappa shape index (κ1) is 16.9. The first-order valence-corrected chi connectivity index (χ1v) is 8.58. The van der Waals surface area contributed by atoms with Gasteiger partial charge in [-0.15, -0.1) is 0 Å². The summed E-state index contributed by atoms with van der Waals surface area (Å²) in [5.41, 5.74) is 2.72. The van der Waals surface area contributed by atoms with Crippen LogP contribution < -0.4 is 5.32 Å². The van der Waals surface area contributed by atoms with Crippen molar-refractivity contribution >= 4 is 0 Å². The Morgan fingerprint density at radius 3 is 2.70 bits per heavy atom. The maximum Gasteiger partial charge on any atom is 0.109 e. The maximum absolute atomic E-state index is 10.6. The highest BCUT2D eigenvalue weighted by Crippen LogP contribution is 2.30. The van der Waals surface area contributed by atoms with Crippen LogP contribution in [0.1, 0.15) is 25.0 Å². The second-order valence-electron chi connectivity index (χ2n) is 6.93. The van der Waals surface area contributed by atoms with Crippen molar-refractivity contribution in [2.45, 2.75) is 57.2 Å². The Hall–Kier alpha value is -0.980. The van der Waals surface area contributed by atoms with Gasteiger partial charge in [0.1, 0.15) is 12.2 Å². The minimum Gasteiger partial charge on any atom is -0.394 e. The van der Waals surface area contributed by atoms with Crippen molar-refractivity contribution in [3.8, 4) is 0 Å².